The zero-order valence-electron chi connectivity index (χ0n) is 14.4. The first-order chi connectivity index (χ1) is 12.1. The van der Waals surface area contributed by atoms with Gasteiger partial charge < -0.3 is 14.2 Å². The van der Waals surface area contributed by atoms with Gasteiger partial charge in [0.15, 0.2) is 11.6 Å². The molecular weight excluding hydrogens is 316 g/mol. The van der Waals surface area contributed by atoms with E-state index in [-0.39, 0.29) is 5.91 Å². The van der Waals surface area contributed by atoms with E-state index in [9.17, 15) is 4.79 Å². The Morgan fingerprint density at radius 3 is 2.28 bits per heavy atom. The van der Waals surface area contributed by atoms with Crippen molar-refractivity contribution in [2.24, 2.45) is 0 Å². The van der Waals surface area contributed by atoms with E-state index < -0.39 is 0 Å². The molecule has 1 fully saturated rings. The second-order valence-electron chi connectivity index (χ2n) is 6.31. The second kappa shape index (κ2) is 6.20. The molecule has 1 aromatic carbocycles. The van der Waals surface area contributed by atoms with E-state index in [1.807, 2.05) is 49.1 Å². The standard InChI is InChI=1S/C19H20N4O2/c1-13-7-8-17(25-13)19(24)23-11-9-22(10-12-23)18-14(2)20-15-5-3-4-6-16(15)21-18/h3-8H,9-12H2,1-2H3. The largest absolute Gasteiger partial charge is 0.456 e. The Hall–Kier alpha value is -2.89. The van der Waals surface area contributed by atoms with Crippen molar-refractivity contribution in [1.29, 1.82) is 0 Å². The normalized spacial score (nSPS) is 15.0. The highest BCUT2D eigenvalue weighted by atomic mass is 16.3. The van der Waals surface area contributed by atoms with Crippen LogP contribution in [0, 0.1) is 13.8 Å². The summed E-state index contributed by atoms with van der Waals surface area (Å²) in [5.74, 6) is 2.02. The number of aromatic nitrogens is 2. The average Bonchev–Trinajstić information content (AvgIpc) is 3.07. The lowest BCUT2D eigenvalue weighted by atomic mass is 10.2. The molecular formula is C19H20N4O2. The van der Waals surface area contributed by atoms with Crippen molar-refractivity contribution in [1.82, 2.24) is 14.9 Å². The summed E-state index contributed by atoms with van der Waals surface area (Å²) in [6.45, 7) is 6.59. The number of anilines is 1. The Balaban J connectivity index is 1.50. The van der Waals surface area contributed by atoms with Crippen molar-refractivity contribution in [3.05, 3.63) is 53.6 Å². The molecule has 3 aromatic rings. The van der Waals surface area contributed by atoms with Gasteiger partial charge in [-0.05, 0) is 38.1 Å². The van der Waals surface area contributed by atoms with Crippen LogP contribution >= 0.6 is 0 Å². The fourth-order valence-electron chi connectivity index (χ4n) is 3.21. The molecule has 0 N–H and O–H groups in total. The van der Waals surface area contributed by atoms with Gasteiger partial charge in [0.1, 0.15) is 5.76 Å². The summed E-state index contributed by atoms with van der Waals surface area (Å²) in [7, 11) is 0. The molecule has 0 radical (unpaired) electrons. The molecule has 1 saturated heterocycles. The third-order valence-corrected chi connectivity index (χ3v) is 4.54. The summed E-state index contributed by atoms with van der Waals surface area (Å²) in [4.78, 5) is 25.9. The number of furan rings is 1. The molecule has 3 heterocycles. The van der Waals surface area contributed by atoms with E-state index in [0.29, 0.717) is 18.8 Å². The van der Waals surface area contributed by atoms with Crippen LogP contribution in [0.15, 0.2) is 40.8 Å². The van der Waals surface area contributed by atoms with Crippen LogP contribution in [0.1, 0.15) is 22.0 Å². The van der Waals surface area contributed by atoms with Gasteiger partial charge in [-0.25, -0.2) is 9.97 Å². The van der Waals surface area contributed by atoms with Crippen molar-refractivity contribution in [3.8, 4) is 0 Å². The summed E-state index contributed by atoms with van der Waals surface area (Å²) < 4.78 is 5.45. The summed E-state index contributed by atoms with van der Waals surface area (Å²) >= 11 is 0. The third kappa shape index (κ3) is 2.95. The first-order valence-electron chi connectivity index (χ1n) is 8.46. The van der Waals surface area contributed by atoms with Crippen LogP contribution < -0.4 is 4.90 Å². The van der Waals surface area contributed by atoms with Gasteiger partial charge in [-0.15, -0.1) is 0 Å². The lowest BCUT2D eigenvalue weighted by molar-refractivity contribution is 0.0713. The Bertz CT molecular complexity index is 926. The number of carbonyl (C=O) groups is 1. The molecule has 2 aromatic heterocycles. The molecule has 4 rings (SSSR count). The fraction of sp³-hybridized carbons (Fsp3) is 0.316. The second-order valence-corrected chi connectivity index (χ2v) is 6.31. The number of hydrogen-bond donors (Lipinski definition) is 0. The van der Waals surface area contributed by atoms with Crippen LogP contribution in [0.3, 0.4) is 0 Å². The van der Waals surface area contributed by atoms with E-state index in [2.05, 4.69) is 9.88 Å². The van der Waals surface area contributed by atoms with Gasteiger partial charge in [0.05, 0.1) is 16.7 Å². The van der Waals surface area contributed by atoms with Crippen molar-refractivity contribution in [3.63, 3.8) is 0 Å². The molecule has 0 bridgehead atoms. The number of piperazine rings is 1. The van der Waals surface area contributed by atoms with Crippen LogP contribution in [0.2, 0.25) is 0 Å². The predicted octanol–water partition coefficient (Wildman–Crippen LogP) is 2.80. The number of carbonyl (C=O) groups excluding carboxylic acids is 1. The van der Waals surface area contributed by atoms with Gasteiger partial charge in [-0.3, -0.25) is 4.79 Å². The minimum atomic E-state index is -0.0472. The van der Waals surface area contributed by atoms with Gasteiger partial charge in [-0.2, -0.15) is 0 Å². The summed E-state index contributed by atoms with van der Waals surface area (Å²) in [5, 5.41) is 0. The van der Waals surface area contributed by atoms with Crippen molar-refractivity contribution >= 4 is 22.8 Å². The maximum Gasteiger partial charge on any atom is 0.289 e. The Kier molecular flexibility index (Phi) is 3.87. The Labute approximate surface area is 146 Å². The van der Waals surface area contributed by atoms with Gasteiger partial charge in [-0.1, -0.05) is 12.1 Å². The number of nitrogens with zero attached hydrogens (tertiary/aromatic N) is 4. The highest BCUT2D eigenvalue weighted by Gasteiger charge is 2.25. The van der Waals surface area contributed by atoms with Gasteiger partial charge in [0.25, 0.3) is 5.91 Å². The maximum absolute atomic E-state index is 12.5. The minimum Gasteiger partial charge on any atom is -0.456 e. The van der Waals surface area contributed by atoms with Gasteiger partial charge >= 0.3 is 0 Å². The number of hydrogen-bond acceptors (Lipinski definition) is 5. The lowest BCUT2D eigenvalue weighted by Crippen LogP contribution is -2.49. The highest BCUT2D eigenvalue weighted by Crippen LogP contribution is 2.22. The number of fused-ring (bicyclic) bond motifs is 1. The molecule has 25 heavy (non-hydrogen) atoms. The number of benzene rings is 1. The molecule has 0 atom stereocenters. The van der Waals surface area contributed by atoms with E-state index >= 15 is 0 Å². The first kappa shape index (κ1) is 15.6. The molecule has 128 valence electrons. The topological polar surface area (TPSA) is 62.5 Å². The van der Waals surface area contributed by atoms with Crippen LogP contribution in [0.5, 0.6) is 0 Å². The number of rotatable bonds is 2. The van der Waals surface area contributed by atoms with E-state index in [1.54, 1.807) is 6.07 Å². The minimum absolute atomic E-state index is 0.0472. The summed E-state index contributed by atoms with van der Waals surface area (Å²) in [5.41, 5.74) is 2.72. The summed E-state index contributed by atoms with van der Waals surface area (Å²) in [6.07, 6.45) is 0. The SMILES string of the molecule is Cc1ccc(C(=O)N2CCN(c3nc4ccccc4nc3C)CC2)o1. The number of para-hydroxylation sites is 2. The first-order valence-corrected chi connectivity index (χ1v) is 8.46. The van der Waals surface area contributed by atoms with Gasteiger partial charge in [0.2, 0.25) is 0 Å². The molecule has 0 unspecified atom stereocenters. The monoisotopic (exact) mass is 336 g/mol. The maximum atomic E-state index is 12.5. The summed E-state index contributed by atoms with van der Waals surface area (Å²) in [6, 6.07) is 11.4. The molecule has 1 aliphatic rings. The molecule has 0 saturated carbocycles. The number of aryl methyl sites for hydroxylation is 2. The molecule has 6 heteroatoms. The fourth-order valence-corrected chi connectivity index (χ4v) is 3.21. The lowest BCUT2D eigenvalue weighted by Gasteiger charge is -2.35. The van der Waals surface area contributed by atoms with Crippen LogP contribution in [0.4, 0.5) is 5.82 Å². The Morgan fingerprint density at radius 2 is 1.64 bits per heavy atom. The van der Waals surface area contributed by atoms with Crippen LogP contribution in [-0.4, -0.2) is 47.0 Å². The van der Waals surface area contributed by atoms with Crippen LogP contribution in [0.25, 0.3) is 11.0 Å². The molecule has 0 aliphatic carbocycles. The van der Waals surface area contributed by atoms with Crippen LogP contribution in [-0.2, 0) is 0 Å². The van der Waals surface area contributed by atoms with E-state index in [0.717, 1.165) is 41.4 Å². The highest BCUT2D eigenvalue weighted by molar-refractivity contribution is 5.91. The smallest absolute Gasteiger partial charge is 0.289 e. The molecule has 1 amide bonds. The van der Waals surface area contributed by atoms with Crippen molar-refractivity contribution < 1.29 is 9.21 Å². The third-order valence-electron chi connectivity index (χ3n) is 4.54. The van der Waals surface area contributed by atoms with E-state index in [1.165, 1.54) is 0 Å². The van der Waals surface area contributed by atoms with Crippen molar-refractivity contribution in [2.75, 3.05) is 31.1 Å². The average molecular weight is 336 g/mol. The van der Waals surface area contributed by atoms with Crippen molar-refractivity contribution in [2.45, 2.75) is 13.8 Å². The zero-order valence-corrected chi connectivity index (χ0v) is 14.4. The quantitative estimate of drug-likeness (QED) is 0.720. The molecule has 6 nitrogen and oxygen atoms in total. The zero-order chi connectivity index (χ0) is 17.4. The van der Waals surface area contributed by atoms with Gasteiger partial charge in [0, 0.05) is 26.2 Å². The predicted molar refractivity (Wildman–Crippen MR) is 95.8 cm³/mol. The Morgan fingerprint density at radius 1 is 0.960 bits per heavy atom. The van der Waals surface area contributed by atoms with E-state index in [4.69, 9.17) is 9.40 Å². The molecule has 1 aliphatic heterocycles. The number of amides is 1. The molecule has 0 spiro atoms.